The van der Waals surface area contributed by atoms with Crippen LogP contribution in [-0.4, -0.2) is 81.9 Å². The summed E-state index contributed by atoms with van der Waals surface area (Å²) in [5.41, 5.74) is 0.178. The smallest absolute Gasteiger partial charge is 0.303 e. The first-order chi connectivity index (χ1) is 13.9. The third-order valence-electron chi connectivity index (χ3n) is 4.66. The SMILES string of the molecule is CN(C)CCN(COS(=O)[O-])c1ccc2c(c1)C(=O)N(CC(C)(C)CC(=O)O)C2=O. The Morgan fingerprint density at radius 2 is 1.83 bits per heavy atom. The molecular formula is C19H26N3O7S-. The van der Waals surface area contributed by atoms with Gasteiger partial charge in [0.15, 0.2) is 0 Å². The van der Waals surface area contributed by atoms with E-state index in [4.69, 9.17) is 5.11 Å². The molecule has 1 aliphatic heterocycles. The Hall–Kier alpha value is -2.34. The molecule has 1 N–H and O–H groups in total. The molecule has 1 heterocycles. The lowest BCUT2D eigenvalue weighted by Crippen LogP contribution is -2.39. The standard InChI is InChI=1S/C19H27N3O7S/c1-19(2,10-16(23)24)11-22-17(25)14-6-5-13(9-15(14)18(22)26)21(8-7-20(3)4)12-29-30(27)28/h5-6,9H,7-8,10-12H2,1-4H3,(H,23,24)(H,27,28)/p-1. The van der Waals surface area contributed by atoms with Crippen LogP contribution >= 0.6 is 0 Å². The van der Waals surface area contributed by atoms with Crippen molar-refractivity contribution in [1.29, 1.82) is 0 Å². The number of amides is 2. The van der Waals surface area contributed by atoms with Crippen molar-refractivity contribution in [2.75, 3.05) is 45.4 Å². The summed E-state index contributed by atoms with van der Waals surface area (Å²) in [4.78, 5) is 41.3. The number of carbonyl (C=O) groups excluding carboxylic acids is 2. The molecule has 0 bridgehead atoms. The fourth-order valence-corrected chi connectivity index (χ4v) is 3.42. The molecular weight excluding hydrogens is 414 g/mol. The maximum atomic E-state index is 12.9. The van der Waals surface area contributed by atoms with Crippen LogP contribution in [0.15, 0.2) is 18.2 Å². The summed E-state index contributed by atoms with van der Waals surface area (Å²) in [7, 11) is 3.73. The van der Waals surface area contributed by atoms with Gasteiger partial charge in [-0.25, -0.2) is 4.21 Å². The van der Waals surface area contributed by atoms with Gasteiger partial charge in [-0.2, -0.15) is 0 Å². The number of anilines is 1. The van der Waals surface area contributed by atoms with Gasteiger partial charge in [-0.1, -0.05) is 13.8 Å². The van der Waals surface area contributed by atoms with Crippen molar-refractivity contribution >= 4 is 34.8 Å². The Morgan fingerprint density at radius 1 is 1.20 bits per heavy atom. The number of fused-ring (bicyclic) bond motifs is 1. The lowest BCUT2D eigenvalue weighted by atomic mass is 9.89. The van der Waals surface area contributed by atoms with Crippen LogP contribution in [0.3, 0.4) is 0 Å². The van der Waals surface area contributed by atoms with Crippen LogP contribution in [0.2, 0.25) is 0 Å². The van der Waals surface area contributed by atoms with Crippen molar-refractivity contribution in [3.8, 4) is 0 Å². The minimum atomic E-state index is -2.69. The molecule has 1 aromatic carbocycles. The zero-order chi connectivity index (χ0) is 22.6. The van der Waals surface area contributed by atoms with Gasteiger partial charge in [-0.15, -0.1) is 0 Å². The predicted molar refractivity (Wildman–Crippen MR) is 109 cm³/mol. The molecule has 0 fully saturated rings. The van der Waals surface area contributed by atoms with E-state index in [1.54, 1.807) is 24.8 Å². The Kier molecular flexibility index (Phi) is 7.70. The van der Waals surface area contributed by atoms with E-state index in [0.717, 1.165) is 4.90 Å². The molecule has 0 saturated heterocycles. The van der Waals surface area contributed by atoms with Crippen molar-refractivity contribution < 1.29 is 32.4 Å². The Labute approximate surface area is 177 Å². The normalized spacial score (nSPS) is 14.9. The minimum Gasteiger partial charge on any atom is -0.750 e. The molecule has 2 amide bonds. The number of imide groups is 1. The molecule has 1 atom stereocenters. The molecule has 0 radical (unpaired) electrons. The van der Waals surface area contributed by atoms with E-state index >= 15 is 0 Å². The van der Waals surface area contributed by atoms with E-state index in [9.17, 15) is 23.1 Å². The zero-order valence-electron chi connectivity index (χ0n) is 17.4. The number of carbonyl (C=O) groups is 3. The van der Waals surface area contributed by atoms with Crippen LogP contribution in [0, 0.1) is 5.41 Å². The third-order valence-corrected chi connectivity index (χ3v) is 4.96. The maximum Gasteiger partial charge on any atom is 0.303 e. The van der Waals surface area contributed by atoms with Crippen LogP contribution in [0.5, 0.6) is 0 Å². The molecule has 10 nitrogen and oxygen atoms in total. The largest absolute Gasteiger partial charge is 0.750 e. The number of rotatable bonds is 11. The van der Waals surface area contributed by atoms with Crippen molar-refractivity contribution in [2.45, 2.75) is 20.3 Å². The summed E-state index contributed by atoms with van der Waals surface area (Å²) >= 11 is -2.69. The highest BCUT2D eigenvalue weighted by atomic mass is 32.2. The van der Waals surface area contributed by atoms with Gasteiger partial charge in [0.2, 0.25) is 0 Å². The van der Waals surface area contributed by atoms with Gasteiger partial charge in [0.05, 0.1) is 28.9 Å². The van der Waals surface area contributed by atoms with Crippen molar-refractivity contribution in [3.63, 3.8) is 0 Å². The Morgan fingerprint density at radius 3 is 2.40 bits per heavy atom. The number of likely N-dealkylation sites (N-methyl/N-ethyl adjacent to an activating group) is 1. The maximum absolute atomic E-state index is 12.9. The van der Waals surface area contributed by atoms with Crippen LogP contribution in [0.4, 0.5) is 5.69 Å². The number of carboxylic acids is 1. The van der Waals surface area contributed by atoms with Crippen molar-refractivity contribution in [1.82, 2.24) is 9.80 Å². The van der Waals surface area contributed by atoms with E-state index in [2.05, 4.69) is 4.18 Å². The summed E-state index contributed by atoms with van der Waals surface area (Å²) in [6.45, 7) is 4.14. The summed E-state index contributed by atoms with van der Waals surface area (Å²) in [5.74, 6) is -1.99. The highest BCUT2D eigenvalue weighted by Crippen LogP contribution is 2.31. The number of benzene rings is 1. The highest BCUT2D eigenvalue weighted by Gasteiger charge is 2.39. The number of carboxylic acid groups (broad SMARTS) is 1. The van der Waals surface area contributed by atoms with Gasteiger partial charge in [-0.05, 0) is 37.7 Å². The molecule has 0 aromatic heterocycles. The van der Waals surface area contributed by atoms with Gasteiger partial charge in [-0.3, -0.25) is 23.5 Å². The fraction of sp³-hybridized carbons (Fsp3) is 0.526. The predicted octanol–water partition coefficient (Wildman–Crippen LogP) is 0.920. The monoisotopic (exact) mass is 440 g/mol. The van der Waals surface area contributed by atoms with Gasteiger partial charge in [0, 0.05) is 25.3 Å². The molecule has 0 spiro atoms. The van der Waals surface area contributed by atoms with E-state index in [1.807, 2.05) is 19.0 Å². The molecule has 30 heavy (non-hydrogen) atoms. The minimum absolute atomic E-state index is 0.0242. The number of nitrogens with zero attached hydrogens (tertiary/aromatic N) is 3. The van der Waals surface area contributed by atoms with Crippen LogP contribution in [0.1, 0.15) is 41.0 Å². The molecule has 2 rings (SSSR count). The summed E-state index contributed by atoms with van der Waals surface area (Å²) in [6.07, 6.45) is -0.187. The topological polar surface area (TPSA) is 131 Å². The summed E-state index contributed by atoms with van der Waals surface area (Å²) in [5, 5.41) is 9.05. The lowest BCUT2D eigenvalue weighted by Gasteiger charge is -2.27. The third kappa shape index (κ3) is 6.08. The van der Waals surface area contributed by atoms with E-state index < -0.39 is 34.6 Å². The quantitative estimate of drug-likeness (QED) is 0.303. The zero-order valence-corrected chi connectivity index (χ0v) is 18.2. The molecule has 1 unspecified atom stereocenters. The molecule has 1 aromatic rings. The fourth-order valence-electron chi connectivity index (χ4n) is 3.21. The molecule has 11 heteroatoms. The van der Waals surface area contributed by atoms with E-state index in [0.29, 0.717) is 18.8 Å². The second-order valence-electron chi connectivity index (χ2n) is 8.18. The Balaban J connectivity index is 2.27. The van der Waals surface area contributed by atoms with Gasteiger partial charge in [0.25, 0.3) is 11.8 Å². The number of hydrogen-bond donors (Lipinski definition) is 1. The molecule has 166 valence electrons. The van der Waals surface area contributed by atoms with Crippen LogP contribution in [-0.2, 0) is 20.3 Å². The highest BCUT2D eigenvalue weighted by molar-refractivity contribution is 7.74. The van der Waals surface area contributed by atoms with Crippen molar-refractivity contribution in [2.24, 2.45) is 5.41 Å². The summed E-state index contributed by atoms with van der Waals surface area (Å²) in [6, 6.07) is 4.68. The molecule has 0 aliphatic carbocycles. The van der Waals surface area contributed by atoms with Crippen LogP contribution < -0.4 is 4.90 Å². The second-order valence-corrected chi connectivity index (χ2v) is 8.82. The average Bonchev–Trinajstić information content (AvgIpc) is 2.84. The lowest BCUT2D eigenvalue weighted by molar-refractivity contribution is -0.139. The molecule has 1 aliphatic rings. The first-order valence-electron chi connectivity index (χ1n) is 9.25. The van der Waals surface area contributed by atoms with Gasteiger partial charge >= 0.3 is 5.97 Å². The van der Waals surface area contributed by atoms with Crippen LogP contribution in [0.25, 0.3) is 0 Å². The molecule has 0 saturated carbocycles. The van der Waals surface area contributed by atoms with E-state index in [-0.39, 0.29) is 30.8 Å². The average molecular weight is 440 g/mol. The Bertz CT molecular complexity index is 857. The summed E-state index contributed by atoms with van der Waals surface area (Å²) < 4.78 is 26.3. The van der Waals surface area contributed by atoms with Gasteiger partial charge in [0.1, 0.15) is 6.73 Å². The number of hydrogen-bond acceptors (Lipinski definition) is 8. The second kappa shape index (κ2) is 9.65. The number of aliphatic carboxylic acids is 1. The van der Waals surface area contributed by atoms with Gasteiger partial charge < -0.3 is 19.5 Å². The van der Waals surface area contributed by atoms with E-state index in [1.165, 1.54) is 12.1 Å². The first kappa shape index (κ1) is 23.9. The van der Waals surface area contributed by atoms with Crippen molar-refractivity contribution in [3.05, 3.63) is 29.3 Å². The first-order valence-corrected chi connectivity index (χ1v) is 10.3.